The van der Waals surface area contributed by atoms with Gasteiger partial charge in [-0.15, -0.1) is 11.3 Å². The Labute approximate surface area is 120 Å². The molecule has 0 saturated carbocycles. The Morgan fingerprint density at radius 3 is 2.89 bits per heavy atom. The molecular weight excluding hydrogens is 282 g/mol. The van der Waals surface area contributed by atoms with E-state index in [1.165, 1.54) is 23.0 Å². The molecule has 3 nitrogen and oxygen atoms in total. The largest absolute Gasteiger partial charge is 0.304 e. The Balaban J connectivity index is 1.66. The standard InChI is InChI=1S/C12H17N3S3/c1-9(13-10-7-16-4-5-17-8-10)11-6-15-2-3-18-12(15)14-11/h2-3,6,9-10,13H,4-5,7-8H2,1H3/t9-/m1/s1. The maximum atomic E-state index is 4.67. The minimum absolute atomic E-state index is 0.335. The lowest BCUT2D eigenvalue weighted by Crippen LogP contribution is -2.35. The number of nitrogens with one attached hydrogen (secondary N) is 1. The summed E-state index contributed by atoms with van der Waals surface area (Å²) < 4.78 is 2.11. The quantitative estimate of drug-likeness (QED) is 0.943. The van der Waals surface area contributed by atoms with Crippen LogP contribution in [0.1, 0.15) is 18.7 Å². The first-order valence-corrected chi connectivity index (χ1v) is 9.35. The zero-order chi connectivity index (χ0) is 12.4. The number of hydrogen-bond acceptors (Lipinski definition) is 5. The highest BCUT2D eigenvalue weighted by Crippen LogP contribution is 2.21. The lowest BCUT2D eigenvalue weighted by Gasteiger charge is -2.19. The normalized spacial score (nSPS) is 20.1. The molecule has 3 heterocycles. The molecule has 0 unspecified atom stereocenters. The van der Waals surface area contributed by atoms with Crippen LogP contribution in [0.25, 0.3) is 4.96 Å². The van der Waals surface area contributed by atoms with Gasteiger partial charge in [0.1, 0.15) is 0 Å². The average molecular weight is 299 g/mol. The van der Waals surface area contributed by atoms with Crippen LogP contribution in [0.3, 0.4) is 0 Å². The van der Waals surface area contributed by atoms with Crippen LogP contribution in [0.15, 0.2) is 17.8 Å². The molecule has 6 heteroatoms. The van der Waals surface area contributed by atoms with E-state index in [2.05, 4.69) is 62.9 Å². The number of fused-ring (bicyclic) bond motifs is 1. The van der Waals surface area contributed by atoms with Gasteiger partial charge in [-0.25, -0.2) is 4.98 Å². The second-order valence-corrected chi connectivity index (χ2v) is 7.67. The summed E-state index contributed by atoms with van der Waals surface area (Å²) in [4.78, 5) is 5.75. The topological polar surface area (TPSA) is 29.3 Å². The first kappa shape index (κ1) is 12.8. The summed E-state index contributed by atoms with van der Waals surface area (Å²) in [5, 5.41) is 5.79. The summed E-state index contributed by atoms with van der Waals surface area (Å²) >= 11 is 5.81. The van der Waals surface area contributed by atoms with Crippen molar-refractivity contribution in [1.82, 2.24) is 14.7 Å². The number of imidazole rings is 1. The van der Waals surface area contributed by atoms with Gasteiger partial charge in [-0.2, -0.15) is 23.5 Å². The van der Waals surface area contributed by atoms with Gasteiger partial charge < -0.3 is 5.32 Å². The van der Waals surface area contributed by atoms with E-state index in [1.54, 1.807) is 11.3 Å². The van der Waals surface area contributed by atoms with Crippen molar-refractivity contribution in [2.24, 2.45) is 0 Å². The van der Waals surface area contributed by atoms with E-state index in [0.29, 0.717) is 12.1 Å². The molecule has 0 aromatic carbocycles. The molecule has 98 valence electrons. The van der Waals surface area contributed by atoms with E-state index >= 15 is 0 Å². The Morgan fingerprint density at radius 2 is 2.17 bits per heavy atom. The molecule has 18 heavy (non-hydrogen) atoms. The van der Waals surface area contributed by atoms with Crippen LogP contribution in [-0.2, 0) is 0 Å². The molecule has 2 aromatic rings. The molecule has 1 saturated heterocycles. The van der Waals surface area contributed by atoms with Gasteiger partial charge in [-0.1, -0.05) is 0 Å². The zero-order valence-corrected chi connectivity index (χ0v) is 12.8. The zero-order valence-electron chi connectivity index (χ0n) is 10.3. The van der Waals surface area contributed by atoms with Crippen LogP contribution in [0.5, 0.6) is 0 Å². The molecule has 3 rings (SSSR count). The molecular formula is C12H17N3S3. The number of aromatic nitrogens is 2. The van der Waals surface area contributed by atoms with Gasteiger partial charge in [-0.3, -0.25) is 4.40 Å². The number of thiazole rings is 1. The highest BCUT2D eigenvalue weighted by molar-refractivity contribution is 8.03. The Bertz CT molecular complexity index is 471. The fourth-order valence-electron chi connectivity index (χ4n) is 2.11. The fourth-order valence-corrected chi connectivity index (χ4v) is 5.24. The van der Waals surface area contributed by atoms with Gasteiger partial charge in [0.2, 0.25) is 0 Å². The van der Waals surface area contributed by atoms with Crippen molar-refractivity contribution in [3.05, 3.63) is 23.5 Å². The predicted molar refractivity (Wildman–Crippen MR) is 83.1 cm³/mol. The Kier molecular flexibility index (Phi) is 4.18. The van der Waals surface area contributed by atoms with E-state index in [4.69, 9.17) is 0 Å². The average Bonchev–Trinajstić information content (AvgIpc) is 2.85. The summed E-state index contributed by atoms with van der Waals surface area (Å²) in [5.41, 5.74) is 1.15. The SMILES string of the molecule is C[C@@H](NC1CSCCSC1)c1cn2ccsc2n1. The lowest BCUT2D eigenvalue weighted by molar-refractivity contribution is 0.509. The van der Waals surface area contributed by atoms with E-state index < -0.39 is 0 Å². The minimum Gasteiger partial charge on any atom is -0.304 e. The summed E-state index contributed by atoms with van der Waals surface area (Å²) in [5.74, 6) is 5.02. The van der Waals surface area contributed by atoms with Gasteiger partial charge in [-0.05, 0) is 6.92 Å². The molecule has 0 amide bonds. The first-order valence-electron chi connectivity index (χ1n) is 6.16. The molecule has 0 radical (unpaired) electrons. The van der Waals surface area contributed by atoms with E-state index in [9.17, 15) is 0 Å². The molecule has 1 aliphatic heterocycles. The van der Waals surface area contributed by atoms with Crippen molar-refractivity contribution in [3.63, 3.8) is 0 Å². The summed E-state index contributed by atoms with van der Waals surface area (Å²) in [6.07, 6.45) is 4.21. The van der Waals surface area contributed by atoms with Crippen LogP contribution in [0.2, 0.25) is 0 Å². The third-order valence-electron chi connectivity index (χ3n) is 3.05. The first-order chi connectivity index (χ1) is 8.83. The van der Waals surface area contributed by atoms with E-state index in [1.807, 2.05) is 0 Å². The molecule has 1 atom stereocenters. The van der Waals surface area contributed by atoms with Crippen LogP contribution < -0.4 is 5.32 Å². The lowest BCUT2D eigenvalue weighted by atomic mass is 10.2. The molecule has 0 aliphatic carbocycles. The van der Waals surface area contributed by atoms with E-state index in [0.717, 1.165) is 10.7 Å². The van der Waals surface area contributed by atoms with Crippen molar-refractivity contribution in [1.29, 1.82) is 0 Å². The van der Waals surface area contributed by atoms with Crippen molar-refractivity contribution < 1.29 is 0 Å². The van der Waals surface area contributed by atoms with Gasteiger partial charge in [0.05, 0.1) is 5.69 Å². The molecule has 1 fully saturated rings. The third kappa shape index (κ3) is 2.87. The number of thioether (sulfide) groups is 2. The minimum atomic E-state index is 0.335. The second kappa shape index (κ2) is 5.86. The molecule has 1 N–H and O–H groups in total. The predicted octanol–water partition coefficient (Wildman–Crippen LogP) is 2.90. The highest BCUT2D eigenvalue weighted by atomic mass is 32.2. The van der Waals surface area contributed by atoms with Gasteiger partial charge in [0, 0.05) is 52.9 Å². The molecule has 0 bridgehead atoms. The Morgan fingerprint density at radius 1 is 1.39 bits per heavy atom. The van der Waals surface area contributed by atoms with Crippen molar-refractivity contribution in [2.75, 3.05) is 23.0 Å². The van der Waals surface area contributed by atoms with Gasteiger partial charge >= 0.3 is 0 Å². The van der Waals surface area contributed by atoms with Crippen LogP contribution in [0.4, 0.5) is 0 Å². The Hall–Kier alpha value is -0.170. The number of rotatable bonds is 3. The number of hydrogen-bond donors (Lipinski definition) is 1. The number of nitrogens with zero attached hydrogens (tertiary/aromatic N) is 2. The van der Waals surface area contributed by atoms with Gasteiger partial charge in [0.15, 0.2) is 4.96 Å². The molecule has 0 spiro atoms. The second-order valence-electron chi connectivity index (χ2n) is 4.49. The van der Waals surface area contributed by atoms with Crippen LogP contribution >= 0.6 is 34.9 Å². The van der Waals surface area contributed by atoms with Crippen LogP contribution in [0, 0.1) is 0 Å². The monoisotopic (exact) mass is 299 g/mol. The molecule has 2 aromatic heterocycles. The van der Waals surface area contributed by atoms with Crippen molar-refractivity contribution in [3.8, 4) is 0 Å². The van der Waals surface area contributed by atoms with Crippen LogP contribution in [-0.4, -0.2) is 38.4 Å². The molecule has 1 aliphatic rings. The smallest absolute Gasteiger partial charge is 0.193 e. The van der Waals surface area contributed by atoms with Crippen molar-refractivity contribution >= 4 is 39.8 Å². The summed E-state index contributed by atoms with van der Waals surface area (Å²) in [6.45, 7) is 2.21. The highest BCUT2D eigenvalue weighted by Gasteiger charge is 2.17. The third-order valence-corrected chi connectivity index (χ3v) is 6.34. The van der Waals surface area contributed by atoms with Crippen molar-refractivity contribution in [2.45, 2.75) is 19.0 Å². The maximum Gasteiger partial charge on any atom is 0.193 e. The summed E-state index contributed by atoms with van der Waals surface area (Å²) in [7, 11) is 0. The summed E-state index contributed by atoms with van der Waals surface area (Å²) in [6, 6.07) is 0.943. The van der Waals surface area contributed by atoms with Gasteiger partial charge in [0.25, 0.3) is 0 Å². The fraction of sp³-hybridized carbons (Fsp3) is 0.583. The maximum absolute atomic E-state index is 4.67. The van der Waals surface area contributed by atoms with E-state index in [-0.39, 0.29) is 0 Å².